The number of hydrogen-bond acceptors (Lipinski definition) is 3. The summed E-state index contributed by atoms with van der Waals surface area (Å²) >= 11 is 5.34. The molecule has 0 amide bonds. The van der Waals surface area contributed by atoms with Gasteiger partial charge in [0.1, 0.15) is 5.03 Å². The van der Waals surface area contributed by atoms with Crippen molar-refractivity contribution in [1.82, 2.24) is 10.3 Å². The molecule has 14 heavy (non-hydrogen) atoms. The lowest BCUT2D eigenvalue weighted by Crippen LogP contribution is -2.42. The quantitative estimate of drug-likeness (QED) is 0.853. The highest BCUT2D eigenvalue weighted by atomic mass is 79.9. The normalized spacial score (nSPS) is 16.6. The average Bonchev–Trinajstić information content (AvgIpc) is 2.12. The van der Waals surface area contributed by atoms with Gasteiger partial charge in [-0.05, 0) is 59.2 Å². The molecule has 1 aromatic heterocycles. The van der Waals surface area contributed by atoms with Crippen molar-refractivity contribution in [3.05, 3.63) is 22.8 Å². The van der Waals surface area contributed by atoms with E-state index in [1.165, 1.54) is 25.3 Å². The van der Waals surface area contributed by atoms with Crippen molar-refractivity contribution in [2.24, 2.45) is 5.92 Å². The van der Waals surface area contributed by atoms with Crippen LogP contribution in [0.2, 0.25) is 0 Å². The van der Waals surface area contributed by atoms with E-state index in [0.717, 1.165) is 15.4 Å². The fraction of sp³-hybridized carbons (Fsp3) is 0.500. The molecule has 0 unspecified atom stereocenters. The summed E-state index contributed by atoms with van der Waals surface area (Å²) in [6, 6.07) is 3.99. The number of pyridine rings is 1. The van der Waals surface area contributed by atoms with Crippen LogP contribution in [0.1, 0.15) is 6.42 Å². The highest BCUT2D eigenvalue weighted by Crippen LogP contribution is 2.26. The number of thioether (sulfide) groups is 1. The molecule has 1 aromatic rings. The van der Waals surface area contributed by atoms with Gasteiger partial charge in [-0.1, -0.05) is 0 Å². The van der Waals surface area contributed by atoms with E-state index in [2.05, 4.69) is 26.2 Å². The smallest absolute Gasteiger partial charge is 0.110 e. The van der Waals surface area contributed by atoms with E-state index >= 15 is 0 Å². The molecule has 0 aromatic carbocycles. The molecule has 0 atom stereocenters. The standard InChI is InChI=1S/C10H13BrN2S/c11-9-2-1-4-13-10(9)14-5-3-8-6-12-7-8/h1-2,4,8,12H,3,5-7H2. The second kappa shape index (κ2) is 5.14. The average molecular weight is 273 g/mol. The second-order valence-corrected chi connectivity index (χ2v) is 5.39. The Hall–Kier alpha value is -0.0600. The summed E-state index contributed by atoms with van der Waals surface area (Å²) in [4.78, 5) is 4.32. The predicted molar refractivity (Wildman–Crippen MR) is 63.6 cm³/mol. The van der Waals surface area contributed by atoms with Gasteiger partial charge in [0.25, 0.3) is 0 Å². The van der Waals surface area contributed by atoms with Gasteiger partial charge in [0, 0.05) is 10.7 Å². The van der Waals surface area contributed by atoms with E-state index in [1.54, 1.807) is 0 Å². The largest absolute Gasteiger partial charge is 0.316 e. The van der Waals surface area contributed by atoms with Gasteiger partial charge in [-0.2, -0.15) is 0 Å². The molecule has 1 fully saturated rings. The van der Waals surface area contributed by atoms with Crippen LogP contribution in [0, 0.1) is 5.92 Å². The van der Waals surface area contributed by atoms with Gasteiger partial charge >= 0.3 is 0 Å². The maximum absolute atomic E-state index is 4.32. The van der Waals surface area contributed by atoms with E-state index in [1.807, 2.05) is 30.1 Å². The first-order valence-corrected chi connectivity index (χ1v) is 6.58. The Morgan fingerprint density at radius 2 is 2.43 bits per heavy atom. The van der Waals surface area contributed by atoms with Crippen molar-refractivity contribution in [3.8, 4) is 0 Å². The molecule has 2 heterocycles. The van der Waals surface area contributed by atoms with Gasteiger partial charge < -0.3 is 5.32 Å². The molecule has 2 rings (SSSR count). The molecule has 0 spiro atoms. The molecule has 4 heteroatoms. The highest BCUT2D eigenvalue weighted by Gasteiger charge is 2.16. The van der Waals surface area contributed by atoms with Crippen LogP contribution in [0.5, 0.6) is 0 Å². The molecule has 0 bridgehead atoms. The Balaban J connectivity index is 1.76. The van der Waals surface area contributed by atoms with Gasteiger partial charge in [-0.15, -0.1) is 11.8 Å². The van der Waals surface area contributed by atoms with Crippen molar-refractivity contribution in [1.29, 1.82) is 0 Å². The summed E-state index contributed by atoms with van der Waals surface area (Å²) in [5.74, 6) is 2.06. The van der Waals surface area contributed by atoms with E-state index in [9.17, 15) is 0 Å². The summed E-state index contributed by atoms with van der Waals surface area (Å²) in [5, 5.41) is 4.40. The van der Waals surface area contributed by atoms with Crippen LogP contribution in [0.3, 0.4) is 0 Å². The molecule has 1 N–H and O–H groups in total. The van der Waals surface area contributed by atoms with Crippen LogP contribution >= 0.6 is 27.7 Å². The molecule has 0 radical (unpaired) electrons. The summed E-state index contributed by atoms with van der Waals surface area (Å²) in [6.07, 6.45) is 3.14. The van der Waals surface area contributed by atoms with Crippen LogP contribution in [0.15, 0.2) is 27.8 Å². The molecule has 0 saturated carbocycles. The van der Waals surface area contributed by atoms with Crippen LogP contribution in [0.25, 0.3) is 0 Å². The SMILES string of the molecule is Brc1cccnc1SCCC1CNC1. The first-order valence-electron chi connectivity index (χ1n) is 4.80. The van der Waals surface area contributed by atoms with Crippen molar-refractivity contribution in [3.63, 3.8) is 0 Å². The zero-order valence-corrected chi connectivity index (χ0v) is 10.3. The molecule has 1 aliphatic heterocycles. The number of nitrogens with zero attached hydrogens (tertiary/aromatic N) is 1. The Morgan fingerprint density at radius 1 is 1.57 bits per heavy atom. The second-order valence-electron chi connectivity index (χ2n) is 3.45. The van der Waals surface area contributed by atoms with E-state index < -0.39 is 0 Å². The molecule has 1 saturated heterocycles. The van der Waals surface area contributed by atoms with E-state index in [4.69, 9.17) is 0 Å². The molecule has 76 valence electrons. The minimum Gasteiger partial charge on any atom is -0.316 e. The van der Waals surface area contributed by atoms with Gasteiger partial charge in [0.15, 0.2) is 0 Å². The summed E-state index contributed by atoms with van der Waals surface area (Å²) in [6.45, 7) is 2.40. The maximum Gasteiger partial charge on any atom is 0.110 e. The first kappa shape index (κ1) is 10.5. The zero-order valence-electron chi connectivity index (χ0n) is 7.87. The van der Waals surface area contributed by atoms with Crippen molar-refractivity contribution >= 4 is 27.7 Å². The van der Waals surface area contributed by atoms with Gasteiger partial charge in [0.2, 0.25) is 0 Å². The number of halogens is 1. The number of aromatic nitrogens is 1. The number of hydrogen-bond donors (Lipinski definition) is 1. The van der Waals surface area contributed by atoms with E-state index in [0.29, 0.717) is 0 Å². The molecule has 1 aliphatic rings. The first-order chi connectivity index (χ1) is 6.86. The minimum atomic E-state index is 0.894. The topological polar surface area (TPSA) is 24.9 Å². The van der Waals surface area contributed by atoms with E-state index in [-0.39, 0.29) is 0 Å². The molecule has 0 aliphatic carbocycles. The summed E-state index contributed by atoms with van der Waals surface area (Å²) in [7, 11) is 0. The zero-order chi connectivity index (χ0) is 9.80. The Labute approximate surface area is 97.0 Å². The Bertz CT molecular complexity index is 302. The Morgan fingerprint density at radius 3 is 3.07 bits per heavy atom. The lowest BCUT2D eigenvalue weighted by molar-refractivity contribution is 0.341. The van der Waals surface area contributed by atoms with Crippen LogP contribution in [-0.2, 0) is 0 Å². The lowest BCUT2D eigenvalue weighted by atomic mass is 10.0. The third-order valence-corrected chi connectivity index (χ3v) is 4.30. The van der Waals surface area contributed by atoms with Crippen LogP contribution in [-0.4, -0.2) is 23.8 Å². The highest BCUT2D eigenvalue weighted by molar-refractivity contribution is 9.10. The van der Waals surface area contributed by atoms with Gasteiger partial charge in [-0.3, -0.25) is 0 Å². The third-order valence-electron chi connectivity index (χ3n) is 2.36. The maximum atomic E-state index is 4.32. The minimum absolute atomic E-state index is 0.894. The van der Waals surface area contributed by atoms with Crippen molar-refractivity contribution in [2.75, 3.05) is 18.8 Å². The molecular weight excluding hydrogens is 260 g/mol. The summed E-state index contributed by atoms with van der Waals surface area (Å²) in [5.41, 5.74) is 0. The fourth-order valence-corrected chi connectivity index (χ4v) is 2.94. The Kier molecular flexibility index (Phi) is 3.84. The van der Waals surface area contributed by atoms with Crippen molar-refractivity contribution in [2.45, 2.75) is 11.4 Å². The van der Waals surface area contributed by atoms with Crippen molar-refractivity contribution < 1.29 is 0 Å². The van der Waals surface area contributed by atoms with Crippen LogP contribution < -0.4 is 5.32 Å². The number of nitrogens with one attached hydrogen (secondary N) is 1. The fourth-order valence-electron chi connectivity index (χ4n) is 1.35. The molecular formula is C10H13BrN2S. The van der Waals surface area contributed by atoms with Gasteiger partial charge in [-0.25, -0.2) is 4.98 Å². The predicted octanol–water partition coefficient (Wildman–Crippen LogP) is 2.55. The van der Waals surface area contributed by atoms with Gasteiger partial charge in [0.05, 0.1) is 0 Å². The number of rotatable bonds is 4. The summed E-state index contributed by atoms with van der Waals surface area (Å²) < 4.78 is 1.11. The van der Waals surface area contributed by atoms with Crippen LogP contribution in [0.4, 0.5) is 0 Å². The monoisotopic (exact) mass is 272 g/mol. The molecule has 2 nitrogen and oxygen atoms in total. The third kappa shape index (κ3) is 2.72. The lowest BCUT2D eigenvalue weighted by Gasteiger charge is -2.26.